The van der Waals surface area contributed by atoms with E-state index in [-0.39, 0.29) is 17.4 Å². The molecule has 23 heavy (non-hydrogen) atoms. The molecule has 3 heterocycles. The van der Waals surface area contributed by atoms with E-state index in [1.165, 1.54) is 12.4 Å². The SMILES string of the molecule is Nc1nccnc1C(=O)N1CCN(Cc2ccc(Cl)cn2)CC1. The lowest BCUT2D eigenvalue weighted by atomic mass is 10.2. The Labute approximate surface area is 139 Å². The van der Waals surface area contributed by atoms with Gasteiger partial charge in [0, 0.05) is 51.3 Å². The third-order valence-electron chi connectivity index (χ3n) is 3.76. The van der Waals surface area contributed by atoms with Gasteiger partial charge in [-0.2, -0.15) is 0 Å². The maximum absolute atomic E-state index is 12.4. The molecule has 7 nitrogen and oxygen atoms in total. The first-order valence-corrected chi connectivity index (χ1v) is 7.70. The number of amides is 1. The Bertz CT molecular complexity index is 685. The van der Waals surface area contributed by atoms with E-state index in [4.69, 9.17) is 17.3 Å². The molecular weight excluding hydrogens is 316 g/mol. The van der Waals surface area contributed by atoms with E-state index in [1.807, 2.05) is 12.1 Å². The molecule has 0 unspecified atom stereocenters. The molecule has 120 valence electrons. The van der Waals surface area contributed by atoms with Crippen LogP contribution in [0.25, 0.3) is 0 Å². The summed E-state index contributed by atoms with van der Waals surface area (Å²) in [4.78, 5) is 28.7. The van der Waals surface area contributed by atoms with Gasteiger partial charge in [0.2, 0.25) is 0 Å². The molecule has 3 rings (SSSR count). The third-order valence-corrected chi connectivity index (χ3v) is 3.99. The highest BCUT2D eigenvalue weighted by atomic mass is 35.5. The molecule has 1 aliphatic rings. The monoisotopic (exact) mass is 332 g/mol. The highest BCUT2D eigenvalue weighted by Gasteiger charge is 2.24. The summed E-state index contributed by atoms with van der Waals surface area (Å²) in [6.07, 6.45) is 4.60. The summed E-state index contributed by atoms with van der Waals surface area (Å²) >= 11 is 5.84. The van der Waals surface area contributed by atoms with Crippen molar-refractivity contribution in [1.82, 2.24) is 24.8 Å². The van der Waals surface area contributed by atoms with Crippen molar-refractivity contribution in [3.63, 3.8) is 0 Å². The van der Waals surface area contributed by atoms with Crippen LogP contribution in [0, 0.1) is 0 Å². The van der Waals surface area contributed by atoms with Crippen LogP contribution in [0.1, 0.15) is 16.2 Å². The number of nitrogens with zero attached hydrogens (tertiary/aromatic N) is 5. The van der Waals surface area contributed by atoms with Crippen LogP contribution in [-0.4, -0.2) is 56.8 Å². The number of aromatic nitrogens is 3. The molecule has 2 aromatic rings. The molecule has 0 atom stereocenters. The highest BCUT2D eigenvalue weighted by Crippen LogP contribution is 2.13. The van der Waals surface area contributed by atoms with Crippen molar-refractivity contribution in [2.45, 2.75) is 6.54 Å². The second kappa shape index (κ2) is 6.89. The zero-order chi connectivity index (χ0) is 16.2. The normalized spacial score (nSPS) is 15.6. The minimum Gasteiger partial charge on any atom is -0.382 e. The average Bonchev–Trinajstić information content (AvgIpc) is 2.57. The van der Waals surface area contributed by atoms with Crippen LogP contribution in [0.15, 0.2) is 30.7 Å². The van der Waals surface area contributed by atoms with E-state index in [2.05, 4.69) is 19.9 Å². The lowest BCUT2D eigenvalue weighted by Crippen LogP contribution is -2.48. The first-order chi connectivity index (χ1) is 11.1. The number of nitrogen functional groups attached to an aromatic ring is 1. The van der Waals surface area contributed by atoms with Gasteiger partial charge in [-0.15, -0.1) is 0 Å². The van der Waals surface area contributed by atoms with Crippen LogP contribution in [0.4, 0.5) is 5.82 Å². The van der Waals surface area contributed by atoms with Crippen LogP contribution in [0.5, 0.6) is 0 Å². The number of hydrogen-bond donors (Lipinski definition) is 1. The smallest absolute Gasteiger partial charge is 0.276 e. The molecule has 0 saturated carbocycles. The first kappa shape index (κ1) is 15.6. The molecule has 1 aliphatic heterocycles. The Balaban J connectivity index is 1.57. The average molecular weight is 333 g/mol. The number of carbonyl (C=O) groups is 1. The number of piperazine rings is 1. The Morgan fingerprint density at radius 3 is 2.52 bits per heavy atom. The molecule has 0 aromatic carbocycles. The molecule has 2 N–H and O–H groups in total. The fourth-order valence-corrected chi connectivity index (χ4v) is 2.61. The van der Waals surface area contributed by atoms with E-state index >= 15 is 0 Å². The predicted molar refractivity (Wildman–Crippen MR) is 86.9 cm³/mol. The Morgan fingerprint density at radius 2 is 1.87 bits per heavy atom. The quantitative estimate of drug-likeness (QED) is 0.904. The summed E-state index contributed by atoms with van der Waals surface area (Å²) in [6.45, 7) is 3.55. The fourth-order valence-electron chi connectivity index (χ4n) is 2.50. The van der Waals surface area contributed by atoms with Gasteiger partial charge in [-0.1, -0.05) is 11.6 Å². The van der Waals surface area contributed by atoms with Crippen molar-refractivity contribution in [3.05, 3.63) is 47.1 Å². The lowest BCUT2D eigenvalue weighted by Gasteiger charge is -2.34. The summed E-state index contributed by atoms with van der Waals surface area (Å²) in [5.74, 6) is 0.00478. The molecule has 1 amide bonds. The van der Waals surface area contributed by atoms with Gasteiger partial charge in [0.15, 0.2) is 11.5 Å². The number of carbonyl (C=O) groups excluding carboxylic acids is 1. The molecule has 0 bridgehead atoms. The van der Waals surface area contributed by atoms with Crippen LogP contribution in [0.3, 0.4) is 0 Å². The number of rotatable bonds is 3. The zero-order valence-corrected chi connectivity index (χ0v) is 13.3. The van der Waals surface area contributed by atoms with Crippen LogP contribution >= 0.6 is 11.6 Å². The van der Waals surface area contributed by atoms with E-state index in [9.17, 15) is 4.79 Å². The number of anilines is 1. The number of nitrogens with two attached hydrogens (primary N) is 1. The third kappa shape index (κ3) is 3.75. The van der Waals surface area contributed by atoms with Gasteiger partial charge in [-0.3, -0.25) is 14.7 Å². The molecule has 2 aromatic heterocycles. The van der Waals surface area contributed by atoms with Crippen molar-refractivity contribution in [3.8, 4) is 0 Å². The predicted octanol–water partition coefficient (Wildman–Crippen LogP) is 1.07. The molecular formula is C15H17ClN6O. The van der Waals surface area contributed by atoms with Gasteiger partial charge in [-0.25, -0.2) is 9.97 Å². The van der Waals surface area contributed by atoms with Crippen molar-refractivity contribution in [1.29, 1.82) is 0 Å². The van der Waals surface area contributed by atoms with Gasteiger partial charge in [0.25, 0.3) is 5.91 Å². The second-order valence-electron chi connectivity index (χ2n) is 5.33. The van der Waals surface area contributed by atoms with Crippen molar-refractivity contribution in [2.24, 2.45) is 0 Å². The summed E-state index contributed by atoms with van der Waals surface area (Å²) in [5, 5.41) is 0.630. The standard InChI is InChI=1S/C15H17ClN6O/c16-11-1-2-12(20-9-11)10-21-5-7-22(8-6-21)15(23)13-14(17)19-4-3-18-13/h1-4,9H,5-8,10H2,(H2,17,19). The van der Waals surface area contributed by atoms with Gasteiger partial charge >= 0.3 is 0 Å². The summed E-state index contributed by atoms with van der Waals surface area (Å²) < 4.78 is 0. The topological polar surface area (TPSA) is 88.2 Å². The second-order valence-corrected chi connectivity index (χ2v) is 5.76. The Kier molecular flexibility index (Phi) is 4.68. The fraction of sp³-hybridized carbons (Fsp3) is 0.333. The molecule has 0 radical (unpaired) electrons. The number of hydrogen-bond acceptors (Lipinski definition) is 6. The molecule has 1 saturated heterocycles. The van der Waals surface area contributed by atoms with Crippen LogP contribution < -0.4 is 5.73 Å². The molecule has 8 heteroatoms. The van der Waals surface area contributed by atoms with Gasteiger partial charge in [0.1, 0.15) is 0 Å². The maximum atomic E-state index is 12.4. The van der Waals surface area contributed by atoms with Gasteiger partial charge in [0.05, 0.1) is 10.7 Å². The summed E-state index contributed by atoms with van der Waals surface area (Å²) in [5.41, 5.74) is 6.91. The number of pyridine rings is 1. The lowest BCUT2D eigenvalue weighted by molar-refractivity contribution is 0.0622. The van der Waals surface area contributed by atoms with Crippen molar-refractivity contribution >= 4 is 23.3 Å². The van der Waals surface area contributed by atoms with E-state index in [0.29, 0.717) is 18.1 Å². The first-order valence-electron chi connectivity index (χ1n) is 7.32. The van der Waals surface area contributed by atoms with E-state index in [0.717, 1.165) is 25.3 Å². The highest BCUT2D eigenvalue weighted by molar-refractivity contribution is 6.30. The van der Waals surface area contributed by atoms with Crippen molar-refractivity contribution in [2.75, 3.05) is 31.9 Å². The van der Waals surface area contributed by atoms with Gasteiger partial charge in [-0.05, 0) is 12.1 Å². The summed E-state index contributed by atoms with van der Waals surface area (Å²) in [6, 6.07) is 3.75. The van der Waals surface area contributed by atoms with Gasteiger partial charge < -0.3 is 10.6 Å². The maximum Gasteiger partial charge on any atom is 0.276 e. The molecule has 0 spiro atoms. The minimum absolute atomic E-state index is 0.167. The van der Waals surface area contributed by atoms with Crippen LogP contribution in [0.2, 0.25) is 5.02 Å². The minimum atomic E-state index is -0.167. The summed E-state index contributed by atoms with van der Waals surface area (Å²) in [7, 11) is 0. The Morgan fingerprint density at radius 1 is 1.13 bits per heavy atom. The number of halogens is 1. The van der Waals surface area contributed by atoms with E-state index < -0.39 is 0 Å². The molecule has 1 fully saturated rings. The Hall–Kier alpha value is -2.25. The largest absolute Gasteiger partial charge is 0.382 e. The van der Waals surface area contributed by atoms with E-state index in [1.54, 1.807) is 11.1 Å². The zero-order valence-electron chi connectivity index (χ0n) is 12.5. The molecule has 0 aliphatic carbocycles. The van der Waals surface area contributed by atoms with Crippen LogP contribution in [-0.2, 0) is 6.54 Å². The van der Waals surface area contributed by atoms with Crippen molar-refractivity contribution < 1.29 is 4.79 Å².